The quantitative estimate of drug-likeness (QED) is 0.629. The smallest absolute Gasteiger partial charge is 0.414 e. The van der Waals surface area contributed by atoms with Crippen molar-refractivity contribution >= 4 is 11.8 Å². The van der Waals surface area contributed by atoms with Gasteiger partial charge in [-0.05, 0) is 18.2 Å². The van der Waals surface area contributed by atoms with Crippen LogP contribution in [-0.2, 0) is 21.6 Å². The lowest BCUT2D eigenvalue weighted by atomic mass is 10.0. The molecule has 3 fully saturated rings. The maximum absolute atomic E-state index is 15.0. The van der Waals surface area contributed by atoms with E-state index < -0.39 is 29.4 Å². The molecule has 1 aromatic carbocycles. The van der Waals surface area contributed by atoms with E-state index in [0.29, 0.717) is 31.0 Å². The Morgan fingerprint density at radius 1 is 1.18 bits per heavy atom. The maximum atomic E-state index is 15.0. The first kappa shape index (κ1) is 20.2. The molecule has 3 aromatic rings. The lowest BCUT2D eigenvalue weighted by Gasteiger charge is -2.17. The minimum absolute atomic E-state index is 0.0798. The van der Waals surface area contributed by atoms with Crippen LogP contribution < -0.4 is 10.6 Å². The van der Waals surface area contributed by atoms with Crippen LogP contribution in [0.4, 0.5) is 19.3 Å². The van der Waals surface area contributed by atoms with Gasteiger partial charge < -0.3 is 15.2 Å². The SMILES string of the molecule is N[C@]1(c2ccc(-c3c(F)cc(N4C[C@H](Cn5ccnn5)OC4=O)cc3F)cn2)[C@@H]2COC[C@@H]21. The summed E-state index contributed by atoms with van der Waals surface area (Å²) in [4.78, 5) is 17.9. The van der Waals surface area contributed by atoms with Gasteiger partial charge in [-0.3, -0.25) is 9.88 Å². The van der Waals surface area contributed by atoms with Gasteiger partial charge in [-0.15, -0.1) is 5.10 Å². The number of halogens is 2. The summed E-state index contributed by atoms with van der Waals surface area (Å²) in [5, 5.41) is 7.54. The van der Waals surface area contributed by atoms with E-state index in [9.17, 15) is 4.79 Å². The third-order valence-electron chi connectivity index (χ3n) is 6.77. The van der Waals surface area contributed by atoms with Gasteiger partial charge in [0, 0.05) is 29.8 Å². The number of cyclic esters (lactones) is 1. The molecule has 6 rings (SSSR count). The molecule has 11 heteroatoms. The number of carbonyl (C=O) groups excluding carboxylic acids is 1. The lowest BCUT2D eigenvalue weighted by molar-refractivity contribution is 0.129. The molecular weight excluding hydrogens is 434 g/mol. The van der Waals surface area contributed by atoms with E-state index in [4.69, 9.17) is 15.2 Å². The largest absolute Gasteiger partial charge is 0.442 e. The van der Waals surface area contributed by atoms with Crippen molar-refractivity contribution in [3.05, 3.63) is 60.2 Å². The number of benzene rings is 1. The Morgan fingerprint density at radius 3 is 2.58 bits per heavy atom. The summed E-state index contributed by atoms with van der Waals surface area (Å²) in [6, 6.07) is 5.58. The summed E-state index contributed by atoms with van der Waals surface area (Å²) in [7, 11) is 0. The fourth-order valence-corrected chi connectivity index (χ4v) is 4.93. The third-order valence-corrected chi connectivity index (χ3v) is 6.77. The molecule has 0 bridgehead atoms. The Balaban J connectivity index is 1.22. The first-order valence-corrected chi connectivity index (χ1v) is 10.6. The second-order valence-corrected chi connectivity index (χ2v) is 8.64. The molecule has 1 amide bonds. The van der Waals surface area contributed by atoms with E-state index in [1.165, 1.54) is 22.0 Å². The molecule has 3 aliphatic rings. The lowest BCUT2D eigenvalue weighted by Crippen LogP contribution is -2.29. The molecule has 0 unspecified atom stereocenters. The molecule has 9 nitrogen and oxygen atoms in total. The Bertz CT molecular complexity index is 1190. The number of ether oxygens (including phenoxy) is 2. The van der Waals surface area contributed by atoms with Gasteiger partial charge in [0.15, 0.2) is 0 Å². The van der Waals surface area contributed by atoms with E-state index in [0.717, 1.165) is 12.1 Å². The van der Waals surface area contributed by atoms with Crippen LogP contribution >= 0.6 is 0 Å². The van der Waals surface area contributed by atoms with Crippen molar-refractivity contribution < 1.29 is 23.0 Å². The zero-order valence-electron chi connectivity index (χ0n) is 17.4. The number of hydrogen-bond acceptors (Lipinski definition) is 7. The van der Waals surface area contributed by atoms with Crippen molar-refractivity contribution in [3.8, 4) is 11.1 Å². The van der Waals surface area contributed by atoms with Gasteiger partial charge in [-0.2, -0.15) is 0 Å². The van der Waals surface area contributed by atoms with Gasteiger partial charge in [0.2, 0.25) is 0 Å². The summed E-state index contributed by atoms with van der Waals surface area (Å²) in [6.45, 7) is 1.64. The van der Waals surface area contributed by atoms with Crippen LogP contribution in [0.5, 0.6) is 0 Å². The molecular formula is C22H20F2N6O3. The molecule has 0 radical (unpaired) electrons. The predicted molar refractivity (Wildman–Crippen MR) is 111 cm³/mol. The molecule has 2 aliphatic heterocycles. The first-order valence-electron chi connectivity index (χ1n) is 10.6. The van der Waals surface area contributed by atoms with Gasteiger partial charge in [0.25, 0.3) is 0 Å². The van der Waals surface area contributed by atoms with Crippen molar-refractivity contribution in [2.24, 2.45) is 17.6 Å². The molecule has 2 saturated heterocycles. The second-order valence-electron chi connectivity index (χ2n) is 8.64. The zero-order valence-corrected chi connectivity index (χ0v) is 17.4. The number of nitrogens with two attached hydrogens (primary N) is 1. The van der Waals surface area contributed by atoms with E-state index in [1.807, 2.05) is 0 Å². The van der Waals surface area contributed by atoms with Gasteiger partial charge in [0.05, 0.1) is 55.0 Å². The monoisotopic (exact) mass is 454 g/mol. The molecule has 2 N–H and O–H groups in total. The van der Waals surface area contributed by atoms with Crippen molar-refractivity contribution in [1.29, 1.82) is 0 Å². The Labute approximate surface area is 187 Å². The maximum Gasteiger partial charge on any atom is 0.414 e. The number of fused-ring (bicyclic) bond motifs is 1. The molecule has 1 aliphatic carbocycles. The highest BCUT2D eigenvalue weighted by Gasteiger charge is 2.66. The van der Waals surface area contributed by atoms with Crippen molar-refractivity contribution in [3.63, 3.8) is 0 Å². The Kier molecular flexibility index (Phi) is 4.46. The molecule has 4 heterocycles. The minimum Gasteiger partial charge on any atom is -0.442 e. The Hall–Kier alpha value is -3.44. The zero-order chi connectivity index (χ0) is 22.7. The van der Waals surface area contributed by atoms with E-state index in [1.54, 1.807) is 18.3 Å². The van der Waals surface area contributed by atoms with Crippen molar-refractivity contribution in [2.45, 2.75) is 18.2 Å². The number of anilines is 1. The number of rotatable bonds is 5. The van der Waals surface area contributed by atoms with E-state index in [2.05, 4.69) is 15.3 Å². The average Bonchev–Trinajstić information content (AvgIpc) is 3.35. The fourth-order valence-electron chi connectivity index (χ4n) is 4.93. The molecule has 0 spiro atoms. The summed E-state index contributed by atoms with van der Waals surface area (Å²) >= 11 is 0. The second kappa shape index (κ2) is 7.29. The fraction of sp³-hybridized carbons (Fsp3) is 0.364. The molecule has 33 heavy (non-hydrogen) atoms. The Morgan fingerprint density at radius 2 is 1.94 bits per heavy atom. The van der Waals surface area contributed by atoms with Crippen LogP contribution in [0.25, 0.3) is 11.1 Å². The number of nitrogens with zero attached hydrogens (tertiary/aromatic N) is 5. The first-order chi connectivity index (χ1) is 15.9. The van der Waals surface area contributed by atoms with Gasteiger partial charge in [0.1, 0.15) is 17.7 Å². The highest BCUT2D eigenvalue weighted by Crippen LogP contribution is 2.58. The summed E-state index contributed by atoms with van der Waals surface area (Å²) in [5.74, 6) is -1.13. The highest BCUT2D eigenvalue weighted by molar-refractivity contribution is 5.90. The summed E-state index contributed by atoms with van der Waals surface area (Å²) < 4.78 is 42.2. The van der Waals surface area contributed by atoms with Crippen LogP contribution in [0, 0.1) is 23.5 Å². The summed E-state index contributed by atoms with van der Waals surface area (Å²) in [5.41, 5.74) is 6.79. The molecule has 1 saturated carbocycles. The number of aromatic nitrogens is 4. The number of hydrogen-bond donors (Lipinski definition) is 1. The van der Waals surface area contributed by atoms with Crippen LogP contribution in [0.2, 0.25) is 0 Å². The van der Waals surface area contributed by atoms with Crippen LogP contribution in [0.3, 0.4) is 0 Å². The summed E-state index contributed by atoms with van der Waals surface area (Å²) in [6.07, 6.45) is 3.39. The van der Waals surface area contributed by atoms with Gasteiger partial charge in [-0.25, -0.2) is 18.3 Å². The minimum atomic E-state index is -0.800. The number of carbonyl (C=O) groups is 1. The predicted octanol–water partition coefficient (Wildman–Crippen LogP) is 2.07. The normalized spacial score (nSPS) is 28.2. The van der Waals surface area contributed by atoms with Gasteiger partial charge >= 0.3 is 6.09 Å². The number of pyridine rings is 1. The molecule has 170 valence electrons. The van der Waals surface area contributed by atoms with E-state index in [-0.39, 0.29) is 29.6 Å². The number of amides is 1. The van der Waals surface area contributed by atoms with Crippen molar-refractivity contribution in [1.82, 2.24) is 20.0 Å². The highest BCUT2D eigenvalue weighted by atomic mass is 19.1. The van der Waals surface area contributed by atoms with E-state index >= 15 is 8.78 Å². The van der Waals surface area contributed by atoms with Crippen molar-refractivity contribution in [2.75, 3.05) is 24.7 Å². The van der Waals surface area contributed by atoms with Crippen LogP contribution in [0.15, 0.2) is 42.9 Å². The van der Waals surface area contributed by atoms with Crippen LogP contribution in [-0.4, -0.2) is 51.9 Å². The molecule has 4 atom stereocenters. The standard InChI is InChI=1S/C22H20F2N6O3/c23-17-5-13(30-9-14(33-21(30)31)8-29-4-3-27-28-29)6-18(24)20(17)12-1-2-19(26-7-12)22(25)15-10-32-11-16(15)22/h1-7,14-16H,8-11,25H2/t14-,15-,16+,22-/m0/s1. The van der Waals surface area contributed by atoms with Crippen LogP contribution in [0.1, 0.15) is 5.69 Å². The van der Waals surface area contributed by atoms with Gasteiger partial charge in [-0.1, -0.05) is 11.3 Å². The third kappa shape index (κ3) is 3.18. The molecule has 2 aromatic heterocycles. The topological polar surface area (TPSA) is 108 Å². The average molecular weight is 454 g/mol.